The Kier molecular flexibility index (Phi) is 5.86. The van der Waals surface area contributed by atoms with Crippen molar-refractivity contribution in [2.45, 2.75) is 17.9 Å². The van der Waals surface area contributed by atoms with Gasteiger partial charge in [-0.2, -0.15) is 13.2 Å². The molecule has 1 N–H and O–H groups in total. The molecule has 2 rings (SSSR count). The van der Waals surface area contributed by atoms with E-state index in [4.69, 9.17) is 0 Å². The maximum atomic E-state index is 14.1. The first-order valence-electron chi connectivity index (χ1n) is 6.14. The highest BCUT2D eigenvalue weighted by atomic mass is 79.9. The molecule has 1 heterocycles. The summed E-state index contributed by atoms with van der Waals surface area (Å²) < 4.78 is 54.5. The number of benzene rings is 1. The van der Waals surface area contributed by atoms with Crippen molar-refractivity contribution in [3.63, 3.8) is 0 Å². The van der Waals surface area contributed by atoms with Gasteiger partial charge in [-0.15, -0.1) is 12.4 Å². The lowest BCUT2D eigenvalue weighted by molar-refractivity contribution is -0.195. The average Bonchev–Trinajstić information content (AvgIpc) is 2.36. The Bertz CT molecular complexity index is 534. The van der Waals surface area contributed by atoms with Crippen molar-refractivity contribution in [2.75, 3.05) is 20.1 Å². The molecule has 1 unspecified atom stereocenters. The lowest BCUT2D eigenvalue weighted by atomic mass is 9.95. The fourth-order valence-corrected chi connectivity index (χ4v) is 2.47. The highest BCUT2D eigenvalue weighted by molar-refractivity contribution is 9.10. The predicted octanol–water partition coefficient (Wildman–Crippen LogP) is 3.24. The van der Waals surface area contributed by atoms with E-state index in [1.54, 1.807) is 0 Å². The molecule has 0 aliphatic carbocycles. The summed E-state index contributed by atoms with van der Waals surface area (Å²) in [7, 11) is 0.974. The fraction of sp³-hybridized carbons (Fsp3) is 0.462. The molecule has 0 aromatic heterocycles. The van der Waals surface area contributed by atoms with Crippen molar-refractivity contribution < 1.29 is 22.4 Å². The second kappa shape index (κ2) is 6.72. The molecular formula is C13H14BrClF4N2O. The Morgan fingerprint density at radius 3 is 2.18 bits per heavy atom. The van der Waals surface area contributed by atoms with E-state index in [2.05, 4.69) is 21.2 Å². The van der Waals surface area contributed by atoms with Crippen molar-refractivity contribution in [2.24, 2.45) is 0 Å². The van der Waals surface area contributed by atoms with Crippen LogP contribution in [0.3, 0.4) is 0 Å². The van der Waals surface area contributed by atoms with Crippen molar-refractivity contribution >= 4 is 34.2 Å². The molecule has 3 nitrogen and oxygen atoms in total. The number of alkyl halides is 4. The summed E-state index contributed by atoms with van der Waals surface area (Å²) in [6, 6.07) is 3.24. The molecule has 0 bridgehead atoms. The van der Waals surface area contributed by atoms with Gasteiger partial charge in [-0.3, -0.25) is 4.79 Å². The molecule has 1 amide bonds. The Balaban J connectivity index is 0.00000242. The van der Waals surface area contributed by atoms with E-state index in [1.807, 2.05) is 0 Å². The summed E-state index contributed by atoms with van der Waals surface area (Å²) >= 11 is 3.13. The Morgan fingerprint density at radius 2 is 1.82 bits per heavy atom. The number of hydrogen-bond acceptors (Lipinski definition) is 2. The van der Waals surface area contributed by atoms with Crippen molar-refractivity contribution in [3.05, 3.63) is 34.3 Å². The van der Waals surface area contributed by atoms with Gasteiger partial charge in [-0.1, -0.05) is 28.1 Å². The summed E-state index contributed by atoms with van der Waals surface area (Å²) in [4.78, 5) is 12.4. The van der Waals surface area contributed by atoms with Gasteiger partial charge in [0, 0.05) is 24.6 Å². The van der Waals surface area contributed by atoms with Crippen LogP contribution in [0, 0.1) is 0 Å². The van der Waals surface area contributed by atoms with Gasteiger partial charge in [0.1, 0.15) is 0 Å². The van der Waals surface area contributed by atoms with E-state index in [9.17, 15) is 22.4 Å². The maximum Gasteiger partial charge on any atom is 0.413 e. The number of carbonyl (C=O) groups is 1. The molecule has 22 heavy (non-hydrogen) atoms. The number of rotatable bonds is 3. The van der Waals surface area contributed by atoms with Crippen LogP contribution >= 0.6 is 28.3 Å². The first-order chi connectivity index (χ1) is 9.65. The van der Waals surface area contributed by atoms with E-state index in [-0.39, 0.29) is 31.1 Å². The van der Waals surface area contributed by atoms with Gasteiger partial charge in [-0.05, 0) is 17.7 Å². The normalized spacial score (nSPS) is 17.9. The van der Waals surface area contributed by atoms with Crippen LogP contribution in [0.25, 0.3) is 0 Å². The standard InChI is InChI=1S/C13H13BrF4N2O.ClH/c1-20(11(21)12(15)6-19-7-12)10(13(16,17)18)8-2-4-9(14)5-3-8;/h2-5,10,19H,6-7H2,1H3;1H. The van der Waals surface area contributed by atoms with Crippen LogP contribution in [0.4, 0.5) is 17.6 Å². The van der Waals surface area contributed by atoms with Gasteiger partial charge in [0.25, 0.3) is 5.91 Å². The summed E-state index contributed by atoms with van der Waals surface area (Å²) in [6.45, 7) is -0.526. The molecule has 0 saturated carbocycles. The third-order valence-electron chi connectivity index (χ3n) is 3.40. The molecule has 1 fully saturated rings. The van der Waals surface area contributed by atoms with Crippen molar-refractivity contribution in [3.8, 4) is 0 Å². The summed E-state index contributed by atoms with van der Waals surface area (Å²) in [6.07, 6.45) is -4.69. The van der Waals surface area contributed by atoms with Crippen LogP contribution < -0.4 is 5.32 Å². The molecule has 1 aliphatic heterocycles. The Morgan fingerprint density at radius 1 is 1.32 bits per heavy atom. The van der Waals surface area contributed by atoms with E-state index >= 15 is 0 Å². The molecule has 124 valence electrons. The lowest BCUT2D eigenvalue weighted by Gasteiger charge is -2.39. The van der Waals surface area contributed by atoms with E-state index in [0.717, 1.165) is 7.05 Å². The quantitative estimate of drug-likeness (QED) is 0.783. The number of nitrogens with zero attached hydrogens (tertiary/aromatic N) is 1. The summed E-state index contributed by atoms with van der Waals surface area (Å²) in [5, 5.41) is 2.55. The van der Waals surface area contributed by atoms with Gasteiger partial charge < -0.3 is 10.2 Å². The third kappa shape index (κ3) is 3.72. The van der Waals surface area contributed by atoms with Gasteiger partial charge in [-0.25, -0.2) is 4.39 Å². The van der Waals surface area contributed by atoms with E-state index in [0.29, 0.717) is 9.37 Å². The van der Waals surface area contributed by atoms with Crippen molar-refractivity contribution in [1.82, 2.24) is 10.2 Å². The topological polar surface area (TPSA) is 32.3 Å². The highest BCUT2D eigenvalue weighted by Crippen LogP contribution is 2.39. The molecule has 1 aromatic rings. The second-order valence-corrected chi connectivity index (χ2v) is 5.90. The number of amides is 1. The van der Waals surface area contributed by atoms with Crippen LogP contribution in [0.15, 0.2) is 28.7 Å². The highest BCUT2D eigenvalue weighted by Gasteiger charge is 2.52. The first-order valence-corrected chi connectivity index (χ1v) is 6.93. The molecule has 1 atom stereocenters. The van der Waals surface area contributed by atoms with Gasteiger partial charge >= 0.3 is 6.18 Å². The average molecular weight is 406 g/mol. The molecule has 1 saturated heterocycles. The summed E-state index contributed by atoms with van der Waals surface area (Å²) in [5.74, 6) is -1.16. The van der Waals surface area contributed by atoms with Gasteiger partial charge in [0.05, 0.1) is 0 Å². The first kappa shape index (κ1) is 19.2. The largest absolute Gasteiger partial charge is 0.413 e. The SMILES string of the molecule is CN(C(=O)C1(F)CNC1)C(c1ccc(Br)cc1)C(F)(F)F.Cl. The number of carbonyl (C=O) groups excluding carboxylic acids is 1. The second-order valence-electron chi connectivity index (χ2n) is 4.98. The minimum Gasteiger partial charge on any atom is -0.327 e. The van der Waals surface area contributed by atoms with Gasteiger partial charge in [0.15, 0.2) is 6.04 Å². The molecule has 1 aliphatic rings. The summed E-state index contributed by atoms with van der Waals surface area (Å²) in [5.41, 5.74) is -2.37. The molecule has 0 radical (unpaired) electrons. The zero-order chi connectivity index (χ0) is 15.8. The Hall–Kier alpha value is -0.860. The monoisotopic (exact) mass is 404 g/mol. The zero-order valence-electron chi connectivity index (χ0n) is 11.5. The van der Waals surface area contributed by atoms with Crippen LogP contribution in [-0.4, -0.2) is 42.8 Å². The van der Waals surface area contributed by atoms with E-state index in [1.165, 1.54) is 24.3 Å². The van der Waals surface area contributed by atoms with Crippen LogP contribution in [0.2, 0.25) is 0 Å². The lowest BCUT2D eigenvalue weighted by Crippen LogP contribution is -2.65. The zero-order valence-corrected chi connectivity index (χ0v) is 13.9. The number of nitrogens with one attached hydrogen (secondary N) is 1. The van der Waals surface area contributed by atoms with Crippen LogP contribution in [0.1, 0.15) is 11.6 Å². The van der Waals surface area contributed by atoms with E-state index < -0.39 is 23.8 Å². The minimum atomic E-state index is -4.69. The molecule has 9 heteroatoms. The Labute approximate surface area is 139 Å². The minimum absolute atomic E-state index is 0. The smallest absolute Gasteiger partial charge is 0.327 e. The molecule has 1 aromatic carbocycles. The van der Waals surface area contributed by atoms with Crippen LogP contribution in [0.5, 0.6) is 0 Å². The number of hydrogen-bond donors (Lipinski definition) is 1. The van der Waals surface area contributed by atoms with Crippen molar-refractivity contribution in [1.29, 1.82) is 0 Å². The fourth-order valence-electron chi connectivity index (χ4n) is 2.21. The maximum absolute atomic E-state index is 14.1. The molecule has 0 spiro atoms. The van der Waals surface area contributed by atoms with Gasteiger partial charge in [0.2, 0.25) is 5.67 Å². The molecular weight excluding hydrogens is 392 g/mol. The van der Waals surface area contributed by atoms with Crippen LogP contribution in [-0.2, 0) is 4.79 Å². The predicted molar refractivity (Wildman–Crippen MR) is 79.7 cm³/mol. The number of halogens is 6. The third-order valence-corrected chi connectivity index (χ3v) is 3.93.